The van der Waals surface area contributed by atoms with Gasteiger partial charge in [0, 0.05) is 19.1 Å². The molecule has 1 amide bonds. The number of ether oxygens (including phenoxy) is 1. The lowest BCUT2D eigenvalue weighted by Gasteiger charge is -2.26. The maximum absolute atomic E-state index is 12.7. The zero-order valence-corrected chi connectivity index (χ0v) is 11.5. The van der Waals surface area contributed by atoms with Gasteiger partial charge in [0.25, 0.3) is 0 Å². The molecule has 0 bridgehead atoms. The zero-order valence-electron chi connectivity index (χ0n) is 11.5. The maximum Gasteiger partial charge on any atom is 0.244 e. The second kappa shape index (κ2) is 4.57. The monoisotopic (exact) mass is 272 g/mol. The van der Waals surface area contributed by atoms with Gasteiger partial charge < -0.3 is 9.64 Å². The molecule has 2 atom stereocenters. The van der Waals surface area contributed by atoms with Gasteiger partial charge >= 0.3 is 0 Å². The molecule has 2 unspecified atom stereocenters. The fraction of sp³-hybridized carbons (Fsp3) is 0.562. The average molecular weight is 272 g/mol. The van der Waals surface area contributed by atoms with Gasteiger partial charge in [-0.1, -0.05) is 30.3 Å². The number of benzene rings is 1. The van der Waals surface area contributed by atoms with E-state index in [0.717, 1.165) is 39.0 Å². The minimum Gasteiger partial charge on any atom is -0.381 e. The Morgan fingerprint density at radius 2 is 2.10 bits per heavy atom. The molecule has 2 heterocycles. The first-order chi connectivity index (χ1) is 9.78. The van der Waals surface area contributed by atoms with Crippen LogP contribution in [0.3, 0.4) is 0 Å². The van der Waals surface area contributed by atoms with E-state index >= 15 is 0 Å². The third-order valence-corrected chi connectivity index (χ3v) is 4.74. The fourth-order valence-corrected chi connectivity index (χ4v) is 3.37. The van der Waals surface area contributed by atoms with Crippen LogP contribution in [0.25, 0.3) is 0 Å². The minimum absolute atomic E-state index is 0.0341. The first-order valence-electron chi connectivity index (χ1n) is 7.50. The Bertz CT molecular complexity index is 506. The van der Waals surface area contributed by atoms with Crippen molar-refractivity contribution in [2.45, 2.75) is 31.0 Å². The summed E-state index contributed by atoms with van der Waals surface area (Å²) in [4.78, 5) is 14.7. The Hall–Kier alpha value is -1.39. The molecule has 1 aliphatic carbocycles. The molecule has 1 saturated carbocycles. The maximum atomic E-state index is 12.7. The predicted octanol–water partition coefficient (Wildman–Crippen LogP) is 1.69. The summed E-state index contributed by atoms with van der Waals surface area (Å²) in [6, 6.07) is 10.3. The standard InChI is InChI=1S/C16H20N2O2/c19-15-16(7-8-16)17-14(13-4-2-1-3-5-13)18(15)10-12-6-9-20-11-12/h1-5,12,14,17H,6-11H2. The molecule has 2 saturated heterocycles. The van der Waals surface area contributed by atoms with Gasteiger partial charge in [-0.15, -0.1) is 0 Å². The molecule has 3 aliphatic rings. The van der Waals surface area contributed by atoms with Crippen LogP contribution < -0.4 is 5.32 Å². The minimum atomic E-state index is -0.250. The molecule has 1 aromatic carbocycles. The summed E-state index contributed by atoms with van der Waals surface area (Å²) in [7, 11) is 0. The summed E-state index contributed by atoms with van der Waals surface area (Å²) in [5, 5.41) is 3.57. The molecule has 4 nitrogen and oxygen atoms in total. The highest BCUT2D eigenvalue weighted by Gasteiger charge is 2.59. The summed E-state index contributed by atoms with van der Waals surface area (Å²) in [6.45, 7) is 2.44. The number of hydrogen-bond acceptors (Lipinski definition) is 3. The Morgan fingerprint density at radius 1 is 1.30 bits per heavy atom. The van der Waals surface area contributed by atoms with Crippen molar-refractivity contribution in [3.8, 4) is 0 Å². The van der Waals surface area contributed by atoms with Gasteiger partial charge in [-0.25, -0.2) is 0 Å². The molecule has 3 fully saturated rings. The molecular formula is C16H20N2O2. The molecule has 1 spiro atoms. The molecule has 0 radical (unpaired) electrons. The van der Waals surface area contributed by atoms with Gasteiger partial charge in [-0.3, -0.25) is 10.1 Å². The SMILES string of the molecule is O=C1N(CC2CCOC2)C(c2ccccc2)NC12CC2. The van der Waals surface area contributed by atoms with Crippen molar-refractivity contribution in [1.29, 1.82) is 0 Å². The molecule has 1 N–H and O–H groups in total. The largest absolute Gasteiger partial charge is 0.381 e. The first-order valence-corrected chi connectivity index (χ1v) is 7.50. The van der Waals surface area contributed by atoms with Crippen molar-refractivity contribution < 1.29 is 9.53 Å². The smallest absolute Gasteiger partial charge is 0.244 e. The van der Waals surface area contributed by atoms with Crippen LogP contribution in [0.2, 0.25) is 0 Å². The normalized spacial score (nSPS) is 31.2. The summed E-state index contributed by atoms with van der Waals surface area (Å²) in [5.41, 5.74) is 0.934. The van der Waals surface area contributed by atoms with E-state index in [0.29, 0.717) is 11.8 Å². The van der Waals surface area contributed by atoms with E-state index in [1.165, 1.54) is 5.56 Å². The van der Waals surface area contributed by atoms with Crippen molar-refractivity contribution in [2.24, 2.45) is 5.92 Å². The Kier molecular flexibility index (Phi) is 2.82. The van der Waals surface area contributed by atoms with Gasteiger partial charge in [-0.05, 0) is 24.8 Å². The highest BCUT2D eigenvalue weighted by molar-refractivity contribution is 5.92. The van der Waals surface area contributed by atoms with E-state index in [-0.39, 0.29) is 11.7 Å². The second-order valence-electron chi connectivity index (χ2n) is 6.23. The third kappa shape index (κ3) is 1.95. The molecule has 20 heavy (non-hydrogen) atoms. The van der Waals surface area contributed by atoms with Crippen molar-refractivity contribution in [3.05, 3.63) is 35.9 Å². The van der Waals surface area contributed by atoms with Crippen molar-refractivity contribution in [1.82, 2.24) is 10.2 Å². The van der Waals surface area contributed by atoms with Gasteiger partial charge in [0.15, 0.2) is 0 Å². The van der Waals surface area contributed by atoms with Crippen molar-refractivity contribution in [2.75, 3.05) is 19.8 Å². The zero-order chi connectivity index (χ0) is 13.6. The van der Waals surface area contributed by atoms with Gasteiger partial charge in [0.2, 0.25) is 5.91 Å². The van der Waals surface area contributed by atoms with Gasteiger partial charge in [0.1, 0.15) is 11.7 Å². The Labute approximate surface area is 119 Å². The van der Waals surface area contributed by atoms with E-state index in [4.69, 9.17) is 4.74 Å². The van der Waals surface area contributed by atoms with Gasteiger partial charge in [-0.2, -0.15) is 0 Å². The Balaban J connectivity index is 1.60. The fourth-order valence-electron chi connectivity index (χ4n) is 3.37. The summed E-state index contributed by atoms with van der Waals surface area (Å²) in [6.07, 6.45) is 3.06. The number of nitrogens with zero attached hydrogens (tertiary/aromatic N) is 1. The summed E-state index contributed by atoms with van der Waals surface area (Å²) in [5.74, 6) is 0.777. The number of rotatable bonds is 3. The van der Waals surface area contributed by atoms with E-state index in [1.807, 2.05) is 23.1 Å². The highest BCUT2D eigenvalue weighted by Crippen LogP contribution is 2.46. The molecule has 1 aromatic rings. The number of hydrogen-bond donors (Lipinski definition) is 1. The number of amides is 1. The molecular weight excluding hydrogens is 252 g/mol. The van der Waals surface area contributed by atoms with E-state index in [1.54, 1.807) is 0 Å². The molecule has 4 rings (SSSR count). The van der Waals surface area contributed by atoms with Crippen LogP contribution >= 0.6 is 0 Å². The molecule has 4 heteroatoms. The number of carbonyl (C=O) groups is 1. The van der Waals surface area contributed by atoms with Gasteiger partial charge in [0.05, 0.1) is 6.61 Å². The lowest BCUT2D eigenvalue weighted by molar-refractivity contribution is -0.131. The average Bonchev–Trinajstić information content (AvgIpc) is 2.99. The predicted molar refractivity (Wildman–Crippen MR) is 74.9 cm³/mol. The number of nitrogens with one attached hydrogen (secondary N) is 1. The van der Waals surface area contributed by atoms with E-state index < -0.39 is 0 Å². The lowest BCUT2D eigenvalue weighted by Crippen LogP contribution is -2.36. The topological polar surface area (TPSA) is 41.6 Å². The summed E-state index contributed by atoms with van der Waals surface area (Å²) < 4.78 is 5.45. The first kappa shape index (κ1) is 12.4. The van der Waals surface area contributed by atoms with Crippen LogP contribution in [0.15, 0.2) is 30.3 Å². The van der Waals surface area contributed by atoms with E-state index in [9.17, 15) is 4.79 Å². The number of carbonyl (C=O) groups excluding carboxylic acids is 1. The quantitative estimate of drug-likeness (QED) is 0.910. The van der Waals surface area contributed by atoms with Crippen LogP contribution in [0.1, 0.15) is 31.0 Å². The molecule has 106 valence electrons. The molecule has 2 aliphatic heterocycles. The van der Waals surface area contributed by atoms with Crippen molar-refractivity contribution in [3.63, 3.8) is 0 Å². The van der Waals surface area contributed by atoms with Crippen LogP contribution in [-0.2, 0) is 9.53 Å². The highest BCUT2D eigenvalue weighted by atomic mass is 16.5. The second-order valence-corrected chi connectivity index (χ2v) is 6.23. The molecule has 0 aromatic heterocycles. The van der Waals surface area contributed by atoms with E-state index in [2.05, 4.69) is 17.4 Å². The van der Waals surface area contributed by atoms with Crippen LogP contribution in [0, 0.1) is 5.92 Å². The van der Waals surface area contributed by atoms with Crippen LogP contribution in [-0.4, -0.2) is 36.1 Å². The lowest BCUT2D eigenvalue weighted by atomic mass is 10.1. The Morgan fingerprint density at radius 3 is 2.75 bits per heavy atom. The van der Waals surface area contributed by atoms with Crippen molar-refractivity contribution >= 4 is 5.91 Å². The third-order valence-electron chi connectivity index (χ3n) is 4.74. The van der Waals surface area contributed by atoms with Crippen LogP contribution in [0.5, 0.6) is 0 Å². The summed E-state index contributed by atoms with van der Waals surface area (Å²) >= 11 is 0. The van der Waals surface area contributed by atoms with Crippen LogP contribution in [0.4, 0.5) is 0 Å².